The van der Waals surface area contributed by atoms with Gasteiger partial charge in [-0.1, -0.05) is 19.1 Å². The molecular weight excluding hydrogens is 202 g/mol. The summed E-state index contributed by atoms with van der Waals surface area (Å²) >= 11 is 0. The summed E-state index contributed by atoms with van der Waals surface area (Å²) in [5.41, 5.74) is 0.845. The largest absolute Gasteiger partial charge is 0.494 e. The molecule has 0 heterocycles. The second-order valence-corrected chi connectivity index (χ2v) is 3.39. The van der Waals surface area contributed by atoms with Crippen LogP contribution < -0.4 is 4.74 Å². The van der Waals surface area contributed by atoms with Crippen LogP contribution in [0.2, 0.25) is 0 Å². The van der Waals surface area contributed by atoms with Crippen molar-refractivity contribution in [3.8, 4) is 11.8 Å². The van der Waals surface area contributed by atoms with E-state index in [1.807, 2.05) is 31.2 Å². The van der Waals surface area contributed by atoms with Crippen molar-refractivity contribution in [2.45, 2.75) is 26.4 Å². The minimum absolute atomic E-state index is 0.504. The Morgan fingerprint density at radius 2 is 2.19 bits per heavy atom. The highest BCUT2D eigenvalue weighted by atomic mass is 16.5. The Labute approximate surface area is 96.6 Å². The fraction of sp³-hybridized carbons (Fsp3) is 0.462. The van der Waals surface area contributed by atoms with Crippen molar-refractivity contribution >= 4 is 0 Å². The van der Waals surface area contributed by atoms with E-state index in [2.05, 4.69) is 13.0 Å². The second kappa shape index (κ2) is 6.86. The van der Waals surface area contributed by atoms with Crippen molar-refractivity contribution in [2.75, 3.05) is 13.2 Å². The maximum absolute atomic E-state index is 8.96. The Morgan fingerprint density at radius 3 is 2.81 bits per heavy atom. The van der Waals surface area contributed by atoms with Gasteiger partial charge in [0.2, 0.25) is 0 Å². The lowest BCUT2D eigenvalue weighted by atomic mass is 10.1. The van der Waals surface area contributed by atoms with Crippen LogP contribution in [-0.4, -0.2) is 13.2 Å². The Balaban J connectivity index is 2.76. The molecule has 1 aromatic carbocycles. The molecule has 16 heavy (non-hydrogen) atoms. The molecule has 0 N–H and O–H groups in total. The number of hydrogen-bond acceptors (Lipinski definition) is 3. The molecule has 0 saturated heterocycles. The van der Waals surface area contributed by atoms with Crippen LogP contribution in [0.1, 0.15) is 31.9 Å². The van der Waals surface area contributed by atoms with Gasteiger partial charge in [-0.15, -0.1) is 0 Å². The van der Waals surface area contributed by atoms with E-state index in [0.29, 0.717) is 13.2 Å². The smallest absolute Gasteiger partial charge is 0.169 e. The minimum atomic E-state index is -0.504. The molecule has 86 valence electrons. The molecule has 0 amide bonds. The van der Waals surface area contributed by atoms with Crippen LogP contribution in [0.15, 0.2) is 24.3 Å². The molecule has 1 unspecified atom stereocenters. The predicted molar refractivity (Wildman–Crippen MR) is 62.2 cm³/mol. The zero-order valence-corrected chi connectivity index (χ0v) is 9.77. The third-order valence-electron chi connectivity index (χ3n) is 2.08. The lowest BCUT2D eigenvalue weighted by molar-refractivity contribution is 0.102. The molecule has 1 rings (SSSR count). The van der Waals surface area contributed by atoms with E-state index in [0.717, 1.165) is 17.7 Å². The first-order valence-corrected chi connectivity index (χ1v) is 5.55. The highest BCUT2D eigenvalue weighted by Crippen LogP contribution is 2.21. The van der Waals surface area contributed by atoms with E-state index in [1.54, 1.807) is 0 Å². The molecule has 0 fully saturated rings. The quantitative estimate of drug-likeness (QED) is 0.738. The Bertz CT molecular complexity index is 357. The van der Waals surface area contributed by atoms with Crippen LogP contribution in [0.25, 0.3) is 0 Å². The van der Waals surface area contributed by atoms with Crippen LogP contribution in [0.3, 0.4) is 0 Å². The van der Waals surface area contributed by atoms with Gasteiger partial charge in [-0.05, 0) is 31.0 Å². The summed E-state index contributed by atoms with van der Waals surface area (Å²) < 4.78 is 10.8. The molecule has 0 saturated carbocycles. The molecule has 0 aliphatic carbocycles. The lowest BCUT2D eigenvalue weighted by Gasteiger charge is -2.11. The van der Waals surface area contributed by atoms with Crippen LogP contribution in [0, 0.1) is 11.3 Å². The SMILES string of the molecule is CCCOc1cccc(C(C#N)OCC)c1. The van der Waals surface area contributed by atoms with E-state index in [9.17, 15) is 0 Å². The normalized spacial score (nSPS) is 11.8. The van der Waals surface area contributed by atoms with Gasteiger partial charge in [-0.2, -0.15) is 5.26 Å². The first-order chi connectivity index (χ1) is 7.81. The number of hydrogen-bond donors (Lipinski definition) is 0. The predicted octanol–water partition coefficient (Wildman–Crippen LogP) is 3.08. The lowest BCUT2D eigenvalue weighted by Crippen LogP contribution is -2.02. The van der Waals surface area contributed by atoms with E-state index in [-0.39, 0.29) is 0 Å². The Hall–Kier alpha value is -1.53. The van der Waals surface area contributed by atoms with Crippen molar-refractivity contribution in [2.24, 2.45) is 0 Å². The van der Waals surface area contributed by atoms with E-state index >= 15 is 0 Å². The summed E-state index contributed by atoms with van der Waals surface area (Å²) in [5.74, 6) is 0.791. The second-order valence-electron chi connectivity index (χ2n) is 3.39. The monoisotopic (exact) mass is 219 g/mol. The van der Waals surface area contributed by atoms with Crippen molar-refractivity contribution in [3.63, 3.8) is 0 Å². The Kier molecular flexibility index (Phi) is 5.38. The molecular formula is C13H17NO2. The van der Waals surface area contributed by atoms with Crippen LogP contribution in [-0.2, 0) is 4.74 Å². The fourth-order valence-corrected chi connectivity index (χ4v) is 1.36. The van der Waals surface area contributed by atoms with Crippen molar-refractivity contribution in [3.05, 3.63) is 29.8 Å². The third kappa shape index (κ3) is 3.56. The first-order valence-electron chi connectivity index (χ1n) is 5.55. The maximum Gasteiger partial charge on any atom is 0.169 e. The topological polar surface area (TPSA) is 42.2 Å². The summed E-state index contributed by atoms with van der Waals surface area (Å²) in [6.07, 6.45) is 0.465. The zero-order valence-electron chi connectivity index (χ0n) is 9.77. The first kappa shape index (κ1) is 12.5. The zero-order chi connectivity index (χ0) is 11.8. The van der Waals surface area contributed by atoms with Crippen molar-refractivity contribution in [1.29, 1.82) is 5.26 Å². The average molecular weight is 219 g/mol. The van der Waals surface area contributed by atoms with Gasteiger partial charge in [0, 0.05) is 6.61 Å². The summed E-state index contributed by atoms with van der Waals surface area (Å²) in [6.45, 7) is 5.15. The summed E-state index contributed by atoms with van der Waals surface area (Å²) in [4.78, 5) is 0. The highest BCUT2D eigenvalue weighted by Gasteiger charge is 2.10. The molecule has 1 atom stereocenters. The van der Waals surface area contributed by atoms with Gasteiger partial charge in [0.05, 0.1) is 12.7 Å². The molecule has 0 spiro atoms. The number of rotatable bonds is 6. The molecule has 0 radical (unpaired) electrons. The molecule has 0 aliphatic heterocycles. The number of benzene rings is 1. The van der Waals surface area contributed by atoms with Gasteiger partial charge in [-0.3, -0.25) is 0 Å². The van der Waals surface area contributed by atoms with E-state index < -0.39 is 6.10 Å². The van der Waals surface area contributed by atoms with Crippen LogP contribution >= 0.6 is 0 Å². The third-order valence-corrected chi connectivity index (χ3v) is 2.08. The standard InChI is InChI=1S/C13H17NO2/c1-3-8-16-12-7-5-6-11(9-12)13(10-14)15-4-2/h5-7,9,13H,3-4,8H2,1-2H3. The van der Waals surface area contributed by atoms with Gasteiger partial charge in [0.25, 0.3) is 0 Å². The summed E-state index contributed by atoms with van der Waals surface area (Å²) in [6, 6.07) is 9.63. The van der Waals surface area contributed by atoms with Crippen molar-refractivity contribution in [1.82, 2.24) is 0 Å². The fourth-order valence-electron chi connectivity index (χ4n) is 1.36. The molecule has 0 aliphatic rings. The van der Waals surface area contributed by atoms with E-state index in [4.69, 9.17) is 14.7 Å². The van der Waals surface area contributed by atoms with Crippen LogP contribution in [0.5, 0.6) is 5.75 Å². The Morgan fingerprint density at radius 1 is 1.38 bits per heavy atom. The maximum atomic E-state index is 8.96. The van der Waals surface area contributed by atoms with Crippen LogP contribution in [0.4, 0.5) is 0 Å². The number of ether oxygens (including phenoxy) is 2. The molecule has 1 aromatic rings. The minimum Gasteiger partial charge on any atom is -0.494 e. The van der Waals surface area contributed by atoms with Gasteiger partial charge in [0.15, 0.2) is 6.10 Å². The summed E-state index contributed by atoms with van der Waals surface area (Å²) in [7, 11) is 0. The van der Waals surface area contributed by atoms with E-state index in [1.165, 1.54) is 0 Å². The van der Waals surface area contributed by atoms with Gasteiger partial charge in [-0.25, -0.2) is 0 Å². The highest BCUT2D eigenvalue weighted by molar-refractivity contribution is 5.32. The number of nitriles is 1. The average Bonchev–Trinajstić information content (AvgIpc) is 2.33. The molecule has 3 nitrogen and oxygen atoms in total. The van der Waals surface area contributed by atoms with Gasteiger partial charge < -0.3 is 9.47 Å². The van der Waals surface area contributed by atoms with Gasteiger partial charge in [0.1, 0.15) is 5.75 Å². The van der Waals surface area contributed by atoms with Crippen molar-refractivity contribution < 1.29 is 9.47 Å². The number of nitrogens with zero attached hydrogens (tertiary/aromatic N) is 1. The van der Waals surface area contributed by atoms with Gasteiger partial charge >= 0.3 is 0 Å². The molecule has 0 bridgehead atoms. The summed E-state index contributed by atoms with van der Waals surface area (Å²) in [5, 5.41) is 8.96. The molecule has 0 aromatic heterocycles. The molecule has 3 heteroatoms.